The molecule has 0 radical (unpaired) electrons. The van der Waals surface area contributed by atoms with Crippen molar-refractivity contribution in [3.8, 4) is 0 Å². The SMILES string of the molecule is N[C@H]1CCC[C@@H](NC(=O)O)C1. The molecule has 0 aromatic carbocycles. The Morgan fingerprint density at radius 1 is 1.55 bits per heavy atom. The Labute approximate surface area is 65.8 Å². The van der Waals surface area contributed by atoms with E-state index in [1.807, 2.05) is 0 Å². The third kappa shape index (κ3) is 2.76. The van der Waals surface area contributed by atoms with Gasteiger partial charge in [-0.25, -0.2) is 4.79 Å². The molecule has 0 spiro atoms. The second-order valence-electron chi connectivity index (χ2n) is 3.07. The van der Waals surface area contributed by atoms with E-state index in [0.29, 0.717) is 0 Å². The van der Waals surface area contributed by atoms with E-state index in [4.69, 9.17) is 10.8 Å². The predicted octanol–water partition coefficient (Wildman–Crippen LogP) is 0.524. The summed E-state index contributed by atoms with van der Waals surface area (Å²) in [5, 5.41) is 10.8. The van der Waals surface area contributed by atoms with Crippen molar-refractivity contribution >= 4 is 6.09 Å². The maximum Gasteiger partial charge on any atom is 0.404 e. The smallest absolute Gasteiger partial charge is 0.404 e. The van der Waals surface area contributed by atoms with Crippen molar-refractivity contribution in [2.75, 3.05) is 0 Å². The molecule has 0 heterocycles. The summed E-state index contributed by atoms with van der Waals surface area (Å²) in [5.74, 6) is 0. The topological polar surface area (TPSA) is 75.3 Å². The van der Waals surface area contributed by atoms with Crippen molar-refractivity contribution in [1.29, 1.82) is 0 Å². The van der Waals surface area contributed by atoms with Crippen LogP contribution in [-0.2, 0) is 0 Å². The third-order valence-electron chi connectivity index (χ3n) is 2.04. The maximum atomic E-state index is 10.2. The molecule has 0 saturated heterocycles. The van der Waals surface area contributed by atoms with Crippen molar-refractivity contribution in [3.63, 3.8) is 0 Å². The lowest BCUT2D eigenvalue weighted by atomic mass is 9.92. The minimum Gasteiger partial charge on any atom is -0.465 e. The van der Waals surface area contributed by atoms with Gasteiger partial charge >= 0.3 is 6.09 Å². The van der Waals surface area contributed by atoms with E-state index in [9.17, 15) is 4.79 Å². The molecule has 1 rings (SSSR count). The van der Waals surface area contributed by atoms with Crippen LogP contribution in [0.3, 0.4) is 0 Å². The number of nitrogens with one attached hydrogen (secondary N) is 1. The van der Waals surface area contributed by atoms with Crippen LogP contribution in [0, 0.1) is 0 Å². The van der Waals surface area contributed by atoms with Crippen LogP contribution in [0.25, 0.3) is 0 Å². The number of carbonyl (C=O) groups is 1. The minimum atomic E-state index is -0.941. The highest BCUT2D eigenvalue weighted by Gasteiger charge is 2.19. The summed E-state index contributed by atoms with van der Waals surface area (Å²) >= 11 is 0. The molecule has 0 aromatic heterocycles. The summed E-state index contributed by atoms with van der Waals surface area (Å²) in [6.07, 6.45) is 2.83. The Balaban J connectivity index is 2.28. The molecule has 64 valence electrons. The molecule has 1 aliphatic rings. The molecule has 0 unspecified atom stereocenters. The van der Waals surface area contributed by atoms with E-state index in [0.717, 1.165) is 25.7 Å². The van der Waals surface area contributed by atoms with Gasteiger partial charge in [-0.3, -0.25) is 0 Å². The lowest BCUT2D eigenvalue weighted by Gasteiger charge is -2.26. The van der Waals surface area contributed by atoms with E-state index in [2.05, 4.69) is 5.32 Å². The van der Waals surface area contributed by atoms with E-state index in [-0.39, 0.29) is 12.1 Å². The van der Waals surface area contributed by atoms with Crippen molar-refractivity contribution in [3.05, 3.63) is 0 Å². The van der Waals surface area contributed by atoms with E-state index in [1.165, 1.54) is 0 Å². The van der Waals surface area contributed by atoms with Crippen molar-refractivity contribution in [1.82, 2.24) is 5.32 Å². The second kappa shape index (κ2) is 3.57. The van der Waals surface area contributed by atoms with E-state index < -0.39 is 6.09 Å². The second-order valence-corrected chi connectivity index (χ2v) is 3.07. The molecular formula is C7H14N2O2. The van der Waals surface area contributed by atoms with Gasteiger partial charge in [-0.1, -0.05) is 0 Å². The number of carboxylic acid groups (broad SMARTS) is 1. The van der Waals surface area contributed by atoms with Gasteiger partial charge in [0.2, 0.25) is 0 Å². The molecule has 1 fully saturated rings. The van der Waals surface area contributed by atoms with Gasteiger partial charge in [0.05, 0.1) is 0 Å². The lowest BCUT2D eigenvalue weighted by molar-refractivity contribution is 0.184. The third-order valence-corrected chi connectivity index (χ3v) is 2.04. The lowest BCUT2D eigenvalue weighted by Crippen LogP contribution is -2.41. The zero-order chi connectivity index (χ0) is 8.27. The molecule has 11 heavy (non-hydrogen) atoms. The Kier molecular flexibility index (Phi) is 2.70. The average molecular weight is 158 g/mol. The number of nitrogens with two attached hydrogens (primary N) is 1. The van der Waals surface area contributed by atoms with Crippen LogP contribution in [0.5, 0.6) is 0 Å². The van der Waals surface area contributed by atoms with Crippen molar-refractivity contribution < 1.29 is 9.90 Å². The van der Waals surface area contributed by atoms with Gasteiger partial charge in [0.1, 0.15) is 0 Å². The van der Waals surface area contributed by atoms with Crippen LogP contribution in [0.1, 0.15) is 25.7 Å². The average Bonchev–Trinajstić information content (AvgIpc) is 1.85. The highest BCUT2D eigenvalue weighted by atomic mass is 16.4. The monoisotopic (exact) mass is 158 g/mol. The predicted molar refractivity (Wildman–Crippen MR) is 41.4 cm³/mol. The van der Waals surface area contributed by atoms with Crippen LogP contribution < -0.4 is 11.1 Å². The number of hydrogen-bond donors (Lipinski definition) is 3. The highest BCUT2D eigenvalue weighted by Crippen LogP contribution is 2.16. The van der Waals surface area contributed by atoms with Gasteiger partial charge in [-0.2, -0.15) is 0 Å². The molecule has 0 aliphatic heterocycles. The Morgan fingerprint density at radius 3 is 2.82 bits per heavy atom. The first-order valence-corrected chi connectivity index (χ1v) is 3.93. The number of rotatable bonds is 1. The molecule has 4 N–H and O–H groups in total. The molecule has 0 aromatic rings. The van der Waals surface area contributed by atoms with Gasteiger partial charge in [-0.15, -0.1) is 0 Å². The van der Waals surface area contributed by atoms with Crippen LogP contribution in [0.15, 0.2) is 0 Å². The first-order valence-electron chi connectivity index (χ1n) is 3.93. The Morgan fingerprint density at radius 2 is 2.27 bits per heavy atom. The fourth-order valence-electron chi connectivity index (χ4n) is 1.53. The van der Waals surface area contributed by atoms with Gasteiger partial charge in [0.25, 0.3) is 0 Å². The fourth-order valence-corrected chi connectivity index (χ4v) is 1.53. The van der Waals surface area contributed by atoms with Crippen LogP contribution in [0.2, 0.25) is 0 Å². The molecule has 2 atom stereocenters. The molecular weight excluding hydrogens is 144 g/mol. The first-order chi connectivity index (χ1) is 5.18. The summed E-state index contributed by atoms with van der Waals surface area (Å²) in [7, 11) is 0. The normalized spacial score (nSPS) is 31.4. The molecule has 0 bridgehead atoms. The number of amides is 1. The standard InChI is InChI=1S/C7H14N2O2/c8-5-2-1-3-6(4-5)9-7(10)11/h5-6,9H,1-4,8H2,(H,10,11)/t5-,6+/m0/s1. The molecule has 4 nitrogen and oxygen atoms in total. The molecule has 1 aliphatic carbocycles. The summed E-state index contributed by atoms with van der Waals surface area (Å²) in [6.45, 7) is 0. The van der Waals surface area contributed by atoms with Crippen LogP contribution >= 0.6 is 0 Å². The summed E-state index contributed by atoms with van der Waals surface area (Å²) in [5.41, 5.74) is 5.67. The van der Waals surface area contributed by atoms with E-state index in [1.54, 1.807) is 0 Å². The van der Waals surface area contributed by atoms with Crippen molar-refractivity contribution in [2.24, 2.45) is 5.73 Å². The van der Waals surface area contributed by atoms with Crippen LogP contribution in [-0.4, -0.2) is 23.3 Å². The van der Waals surface area contributed by atoms with Gasteiger partial charge < -0.3 is 16.2 Å². The Bertz CT molecular complexity index is 149. The quantitative estimate of drug-likeness (QED) is 0.521. The Hall–Kier alpha value is -0.770. The molecule has 4 heteroatoms. The molecule has 1 amide bonds. The highest BCUT2D eigenvalue weighted by molar-refractivity contribution is 5.64. The number of hydrogen-bond acceptors (Lipinski definition) is 2. The largest absolute Gasteiger partial charge is 0.465 e. The first kappa shape index (κ1) is 8.33. The van der Waals surface area contributed by atoms with Crippen molar-refractivity contribution in [2.45, 2.75) is 37.8 Å². The van der Waals surface area contributed by atoms with E-state index >= 15 is 0 Å². The minimum absolute atomic E-state index is 0.0799. The van der Waals surface area contributed by atoms with Gasteiger partial charge in [0, 0.05) is 12.1 Å². The zero-order valence-electron chi connectivity index (χ0n) is 6.42. The maximum absolute atomic E-state index is 10.2. The van der Waals surface area contributed by atoms with Gasteiger partial charge in [0.15, 0.2) is 0 Å². The molecule has 1 saturated carbocycles. The summed E-state index contributed by atoms with van der Waals surface area (Å²) in [6, 6.07) is 0.261. The summed E-state index contributed by atoms with van der Waals surface area (Å²) in [4.78, 5) is 10.2. The fraction of sp³-hybridized carbons (Fsp3) is 0.857. The van der Waals surface area contributed by atoms with Crippen LogP contribution in [0.4, 0.5) is 4.79 Å². The van der Waals surface area contributed by atoms with Gasteiger partial charge in [-0.05, 0) is 25.7 Å². The zero-order valence-corrected chi connectivity index (χ0v) is 6.42. The summed E-state index contributed by atoms with van der Waals surface area (Å²) < 4.78 is 0.